The monoisotopic (exact) mass is 240 g/mol. The molecule has 0 radical (unpaired) electrons. The van der Waals surface area contributed by atoms with E-state index < -0.39 is 17.5 Å². The molecule has 2 rings (SSSR count). The van der Waals surface area contributed by atoms with Crippen molar-refractivity contribution in [2.24, 2.45) is 0 Å². The molecule has 1 aromatic heterocycles. The van der Waals surface area contributed by atoms with Crippen LogP contribution in [0.3, 0.4) is 0 Å². The molecule has 0 spiro atoms. The Morgan fingerprint density at radius 2 is 2.06 bits per heavy atom. The molecule has 1 saturated carbocycles. The zero-order valence-corrected chi connectivity index (χ0v) is 9.87. The fraction of sp³-hybridized carbons (Fsp3) is 0.583. The molecular weight excluding hydrogens is 224 g/mol. The molecule has 16 heavy (non-hydrogen) atoms. The maximum atomic E-state index is 11.3. The molecule has 3 nitrogen and oxygen atoms in total. The summed E-state index contributed by atoms with van der Waals surface area (Å²) >= 11 is 1.41. The molecule has 0 amide bonds. The summed E-state index contributed by atoms with van der Waals surface area (Å²) in [4.78, 5) is 12.1. The Kier molecular flexibility index (Phi) is 3.30. The standard InChI is InChI=1S/C12H16O3S/c13-11(14)10(9-5-4-8-16-9)12(15)6-2-1-3-7-12/h4-5,8,10,15H,1-3,6-7H2,(H,13,14). The molecule has 0 aliphatic heterocycles. The zero-order valence-electron chi connectivity index (χ0n) is 9.06. The Morgan fingerprint density at radius 1 is 1.38 bits per heavy atom. The minimum absolute atomic E-state index is 0.599. The van der Waals surface area contributed by atoms with Crippen molar-refractivity contribution in [1.82, 2.24) is 0 Å². The number of carboxylic acid groups (broad SMARTS) is 1. The fourth-order valence-corrected chi connectivity index (χ4v) is 3.45. The van der Waals surface area contributed by atoms with Crippen molar-refractivity contribution in [3.8, 4) is 0 Å². The first-order valence-corrected chi connectivity index (χ1v) is 6.50. The number of hydrogen-bond acceptors (Lipinski definition) is 3. The van der Waals surface area contributed by atoms with E-state index in [0.29, 0.717) is 12.8 Å². The summed E-state index contributed by atoms with van der Waals surface area (Å²) in [6.45, 7) is 0. The topological polar surface area (TPSA) is 57.5 Å². The van der Waals surface area contributed by atoms with Gasteiger partial charge in [0.25, 0.3) is 0 Å². The maximum Gasteiger partial charge on any atom is 0.314 e. The van der Waals surface area contributed by atoms with E-state index in [4.69, 9.17) is 0 Å². The van der Waals surface area contributed by atoms with Crippen LogP contribution >= 0.6 is 11.3 Å². The molecular formula is C12H16O3S. The summed E-state index contributed by atoms with van der Waals surface area (Å²) in [5.74, 6) is -1.67. The van der Waals surface area contributed by atoms with Crippen molar-refractivity contribution < 1.29 is 15.0 Å². The van der Waals surface area contributed by atoms with Gasteiger partial charge in [0.05, 0.1) is 5.60 Å². The average Bonchev–Trinajstić information content (AvgIpc) is 2.71. The molecule has 2 N–H and O–H groups in total. The Hall–Kier alpha value is -0.870. The van der Waals surface area contributed by atoms with Crippen molar-refractivity contribution in [2.45, 2.75) is 43.6 Å². The van der Waals surface area contributed by atoms with Gasteiger partial charge in [-0.05, 0) is 24.3 Å². The molecule has 88 valence electrons. The lowest BCUT2D eigenvalue weighted by molar-refractivity contribution is -0.147. The van der Waals surface area contributed by atoms with E-state index in [1.165, 1.54) is 11.3 Å². The molecule has 0 aromatic carbocycles. The first-order valence-electron chi connectivity index (χ1n) is 5.62. The van der Waals surface area contributed by atoms with Crippen LogP contribution in [0, 0.1) is 0 Å². The summed E-state index contributed by atoms with van der Waals surface area (Å²) in [7, 11) is 0. The van der Waals surface area contributed by atoms with Gasteiger partial charge in [-0.3, -0.25) is 4.79 Å². The van der Waals surface area contributed by atoms with Crippen LogP contribution in [0.2, 0.25) is 0 Å². The third-order valence-corrected chi connectivity index (χ3v) is 4.27. The Balaban J connectivity index is 2.28. The van der Waals surface area contributed by atoms with Gasteiger partial charge in [0.15, 0.2) is 0 Å². The van der Waals surface area contributed by atoms with Gasteiger partial charge in [-0.15, -0.1) is 11.3 Å². The first-order chi connectivity index (χ1) is 7.63. The van der Waals surface area contributed by atoms with Crippen molar-refractivity contribution in [1.29, 1.82) is 0 Å². The summed E-state index contributed by atoms with van der Waals surface area (Å²) in [6, 6.07) is 3.64. The second-order valence-electron chi connectivity index (χ2n) is 4.45. The SMILES string of the molecule is O=C(O)C(c1cccs1)C1(O)CCCCC1. The van der Waals surface area contributed by atoms with Crippen LogP contribution in [0.1, 0.15) is 42.9 Å². The highest BCUT2D eigenvalue weighted by Gasteiger charge is 2.43. The highest BCUT2D eigenvalue weighted by molar-refractivity contribution is 7.10. The van der Waals surface area contributed by atoms with Crippen LogP contribution in [0.5, 0.6) is 0 Å². The predicted octanol–water partition coefficient (Wildman–Crippen LogP) is 2.61. The molecule has 1 aliphatic rings. The van der Waals surface area contributed by atoms with Crippen molar-refractivity contribution in [2.75, 3.05) is 0 Å². The zero-order chi connectivity index (χ0) is 11.6. The van der Waals surface area contributed by atoms with Crippen molar-refractivity contribution in [3.63, 3.8) is 0 Å². The molecule has 1 aliphatic carbocycles. The summed E-state index contributed by atoms with van der Waals surface area (Å²) < 4.78 is 0. The fourth-order valence-electron chi connectivity index (χ4n) is 2.52. The van der Waals surface area contributed by atoms with Gasteiger partial charge in [-0.1, -0.05) is 25.3 Å². The van der Waals surface area contributed by atoms with Crippen LogP contribution < -0.4 is 0 Å². The maximum absolute atomic E-state index is 11.3. The molecule has 0 bridgehead atoms. The second kappa shape index (κ2) is 4.55. The van der Waals surface area contributed by atoms with E-state index in [2.05, 4.69) is 0 Å². The van der Waals surface area contributed by atoms with E-state index in [0.717, 1.165) is 24.1 Å². The van der Waals surface area contributed by atoms with Crippen molar-refractivity contribution >= 4 is 17.3 Å². The van der Waals surface area contributed by atoms with Gasteiger partial charge in [0.1, 0.15) is 5.92 Å². The highest BCUT2D eigenvalue weighted by atomic mass is 32.1. The number of carboxylic acids is 1. The smallest absolute Gasteiger partial charge is 0.314 e. The van der Waals surface area contributed by atoms with Gasteiger partial charge in [-0.2, -0.15) is 0 Å². The average molecular weight is 240 g/mol. The van der Waals surface area contributed by atoms with Gasteiger partial charge >= 0.3 is 5.97 Å². The largest absolute Gasteiger partial charge is 0.481 e. The van der Waals surface area contributed by atoms with Crippen LogP contribution in [-0.2, 0) is 4.79 Å². The lowest BCUT2D eigenvalue weighted by Gasteiger charge is -2.36. The molecule has 1 aromatic rings. The molecule has 1 heterocycles. The van der Waals surface area contributed by atoms with Crippen LogP contribution in [0.15, 0.2) is 17.5 Å². The number of aliphatic hydroxyl groups is 1. The van der Waals surface area contributed by atoms with E-state index in [1.807, 2.05) is 11.4 Å². The predicted molar refractivity (Wildman–Crippen MR) is 62.7 cm³/mol. The minimum Gasteiger partial charge on any atom is -0.481 e. The second-order valence-corrected chi connectivity index (χ2v) is 5.43. The van der Waals surface area contributed by atoms with Crippen LogP contribution in [0.4, 0.5) is 0 Å². The quantitative estimate of drug-likeness (QED) is 0.853. The van der Waals surface area contributed by atoms with E-state index >= 15 is 0 Å². The lowest BCUT2D eigenvalue weighted by Crippen LogP contribution is -2.41. The molecule has 1 atom stereocenters. The van der Waals surface area contributed by atoms with Crippen LogP contribution in [-0.4, -0.2) is 21.8 Å². The summed E-state index contributed by atoms with van der Waals surface area (Å²) in [6.07, 6.45) is 4.14. The van der Waals surface area contributed by atoms with E-state index in [-0.39, 0.29) is 0 Å². The minimum atomic E-state index is -1.05. The molecule has 1 fully saturated rings. The van der Waals surface area contributed by atoms with E-state index in [9.17, 15) is 15.0 Å². The number of thiophene rings is 1. The third-order valence-electron chi connectivity index (χ3n) is 3.33. The summed E-state index contributed by atoms with van der Waals surface area (Å²) in [5, 5.41) is 21.7. The molecule has 0 saturated heterocycles. The van der Waals surface area contributed by atoms with Gasteiger partial charge in [0, 0.05) is 4.88 Å². The number of carbonyl (C=O) groups is 1. The third kappa shape index (κ3) is 2.13. The summed E-state index contributed by atoms with van der Waals surface area (Å²) in [5.41, 5.74) is -1.05. The highest BCUT2D eigenvalue weighted by Crippen LogP contribution is 2.41. The Bertz CT molecular complexity index is 352. The number of aliphatic carboxylic acids is 1. The van der Waals surface area contributed by atoms with Gasteiger partial charge < -0.3 is 10.2 Å². The molecule has 4 heteroatoms. The lowest BCUT2D eigenvalue weighted by atomic mass is 9.75. The molecule has 1 unspecified atom stereocenters. The number of hydrogen-bond donors (Lipinski definition) is 2. The Labute approximate surface area is 98.7 Å². The normalized spacial score (nSPS) is 21.6. The van der Waals surface area contributed by atoms with E-state index in [1.54, 1.807) is 6.07 Å². The Morgan fingerprint density at radius 3 is 2.56 bits per heavy atom. The van der Waals surface area contributed by atoms with Crippen molar-refractivity contribution in [3.05, 3.63) is 22.4 Å². The number of rotatable bonds is 3. The van der Waals surface area contributed by atoms with Gasteiger partial charge in [-0.25, -0.2) is 0 Å². The van der Waals surface area contributed by atoms with Crippen LogP contribution in [0.25, 0.3) is 0 Å². The van der Waals surface area contributed by atoms with Gasteiger partial charge in [0.2, 0.25) is 0 Å². The first kappa shape index (κ1) is 11.6.